The van der Waals surface area contributed by atoms with E-state index in [9.17, 15) is 13.5 Å². The molecule has 4 rings (SSSR count). The Balaban J connectivity index is 1.57. The lowest BCUT2D eigenvalue weighted by molar-refractivity contribution is 0.282. The van der Waals surface area contributed by atoms with Crippen LogP contribution in [-0.4, -0.2) is 45.5 Å². The maximum Gasteiger partial charge on any atom is 0.262 e. The van der Waals surface area contributed by atoms with Crippen molar-refractivity contribution in [2.75, 3.05) is 13.1 Å². The van der Waals surface area contributed by atoms with Gasteiger partial charge < -0.3 is 9.67 Å². The van der Waals surface area contributed by atoms with Crippen LogP contribution in [0.3, 0.4) is 0 Å². The summed E-state index contributed by atoms with van der Waals surface area (Å²) in [5, 5.41) is 9.30. The van der Waals surface area contributed by atoms with E-state index in [1.54, 1.807) is 11.6 Å². The van der Waals surface area contributed by atoms with E-state index in [1.807, 2.05) is 42.5 Å². The van der Waals surface area contributed by atoms with E-state index in [4.69, 9.17) is 4.98 Å². The third-order valence-corrected chi connectivity index (χ3v) is 7.04. The highest BCUT2D eigenvalue weighted by atomic mass is 32.2. The van der Waals surface area contributed by atoms with Gasteiger partial charge in [-0.25, -0.2) is 13.4 Å². The molecule has 29 heavy (non-hydrogen) atoms. The highest BCUT2D eigenvalue weighted by molar-refractivity contribution is 7.89. The zero-order chi connectivity index (χ0) is 20.4. The van der Waals surface area contributed by atoms with E-state index in [2.05, 4.69) is 4.98 Å². The number of rotatable bonds is 5. The molecule has 1 saturated heterocycles. The molecular weight excluding hydrogens is 388 g/mol. The molecule has 8 heteroatoms. The summed E-state index contributed by atoms with van der Waals surface area (Å²) in [7, 11) is -1.84. The fraction of sp³-hybridized carbons (Fsp3) is 0.333. The summed E-state index contributed by atoms with van der Waals surface area (Å²) < 4.78 is 29.0. The molecule has 0 spiro atoms. The number of aromatic nitrogens is 3. The average molecular weight is 413 g/mol. The largest absolute Gasteiger partial charge is 0.392 e. The van der Waals surface area contributed by atoms with Crippen LogP contribution in [0.5, 0.6) is 0 Å². The second-order valence-corrected chi connectivity index (χ2v) is 9.27. The Hall–Kier alpha value is -2.55. The van der Waals surface area contributed by atoms with Crippen molar-refractivity contribution >= 4 is 10.0 Å². The van der Waals surface area contributed by atoms with Crippen molar-refractivity contribution in [3.05, 3.63) is 66.2 Å². The minimum Gasteiger partial charge on any atom is -0.392 e. The van der Waals surface area contributed by atoms with Gasteiger partial charge in [0, 0.05) is 43.5 Å². The van der Waals surface area contributed by atoms with Crippen molar-refractivity contribution in [3.63, 3.8) is 0 Å². The average Bonchev–Trinajstić information content (AvgIpc) is 3.21. The molecule has 3 heterocycles. The molecule has 2 aromatic heterocycles. The monoisotopic (exact) mass is 412 g/mol. The normalized spacial score (nSPS) is 18.1. The van der Waals surface area contributed by atoms with Crippen LogP contribution in [0.15, 0.2) is 60.0 Å². The van der Waals surface area contributed by atoms with E-state index >= 15 is 0 Å². The number of piperidine rings is 1. The van der Waals surface area contributed by atoms with Gasteiger partial charge >= 0.3 is 0 Å². The Morgan fingerprint density at radius 2 is 1.97 bits per heavy atom. The topological polar surface area (TPSA) is 88.3 Å². The molecular formula is C21H24N4O3S. The van der Waals surface area contributed by atoms with Gasteiger partial charge in [-0.3, -0.25) is 4.98 Å². The van der Waals surface area contributed by atoms with Gasteiger partial charge in [0.2, 0.25) is 0 Å². The van der Waals surface area contributed by atoms with E-state index in [1.165, 1.54) is 16.8 Å². The third-order valence-electron chi connectivity index (χ3n) is 5.29. The number of imidazole rings is 1. The molecule has 152 valence electrons. The van der Waals surface area contributed by atoms with Crippen molar-refractivity contribution in [3.8, 4) is 11.3 Å². The molecule has 1 aromatic carbocycles. The summed E-state index contributed by atoms with van der Waals surface area (Å²) in [5.41, 5.74) is 3.57. The number of aliphatic hydroxyl groups is 1. The first-order valence-electron chi connectivity index (χ1n) is 9.62. The van der Waals surface area contributed by atoms with E-state index in [0.29, 0.717) is 13.1 Å². The molecule has 0 unspecified atom stereocenters. The summed E-state index contributed by atoms with van der Waals surface area (Å²) in [6.07, 6.45) is 4.72. The van der Waals surface area contributed by atoms with Crippen molar-refractivity contribution in [1.29, 1.82) is 0 Å². The number of pyridine rings is 1. The van der Waals surface area contributed by atoms with Gasteiger partial charge in [0.1, 0.15) is 0 Å². The number of hydrogen-bond acceptors (Lipinski definition) is 5. The molecule has 1 aliphatic heterocycles. The highest BCUT2D eigenvalue weighted by Crippen LogP contribution is 2.30. The van der Waals surface area contributed by atoms with Crippen LogP contribution in [0.1, 0.15) is 30.0 Å². The van der Waals surface area contributed by atoms with Gasteiger partial charge in [-0.1, -0.05) is 30.3 Å². The van der Waals surface area contributed by atoms with Crippen LogP contribution in [0.4, 0.5) is 0 Å². The molecule has 0 bridgehead atoms. The minimum absolute atomic E-state index is 0.0103. The van der Waals surface area contributed by atoms with Crippen LogP contribution >= 0.6 is 0 Å². The Bertz CT molecular complexity index is 1090. The Morgan fingerprint density at radius 1 is 1.17 bits per heavy atom. The summed E-state index contributed by atoms with van der Waals surface area (Å²) in [5.74, 6) is 0.0407. The lowest BCUT2D eigenvalue weighted by Gasteiger charge is -2.31. The van der Waals surface area contributed by atoms with Crippen molar-refractivity contribution in [2.24, 2.45) is 7.05 Å². The summed E-state index contributed by atoms with van der Waals surface area (Å²) in [6.45, 7) is 0.910. The molecule has 0 aliphatic carbocycles. The number of benzene rings is 1. The molecule has 1 fully saturated rings. The first-order valence-corrected chi connectivity index (χ1v) is 11.1. The lowest BCUT2D eigenvalue weighted by atomic mass is 9.95. The van der Waals surface area contributed by atoms with Gasteiger partial charge in [0.05, 0.1) is 18.6 Å². The highest BCUT2D eigenvalue weighted by Gasteiger charge is 2.32. The van der Waals surface area contributed by atoms with Crippen LogP contribution in [0.25, 0.3) is 11.3 Å². The molecule has 0 radical (unpaired) electrons. The molecule has 7 nitrogen and oxygen atoms in total. The number of sulfonamides is 1. The number of aliphatic hydroxyl groups excluding tert-OH is 1. The molecule has 0 saturated carbocycles. The first kappa shape index (κ1) is 19.8. The summed E-state index contributed by atoms with van der Waals surface area (Å²) in [4.78, 5) is 8.84. The van der Waals surface area contributed by atoms with Crippen LogP contribution < -0.4 is 0 Å². The van der Waals surface area contributed by atoms with Crippen molar-refractivity contribution in [1.82, 2.24) is 18.8 Å². The smallest absolute Gasteiger partial charge is 0.262 e. The van der Waals surface area contributed by atoms with Gasteiger partial charge in [-0.15, -0.1) is 0 Å². The summed E-state index contributed by atoms with van der Waals surface area (Å²) >= 11 is 0. The van der Waals surface area contributed by atoms with Gasteiger partial charge in [-0.05, 0) is 30.5 Å². The Labute approximate surface area is 170 Å². The fourth-order valence-electron chi connectivity index (χ4n) is 3.68. The molecule has 1 N–H and O–H groups in total. The molecule has 1 atom stereocenters. The zero-order valence-electron chi connectivity index (χ0n) is 16.3. The van der Waals surface area contributed by atoms with Gasteiger partial charge in [-0.2, -0.15) is 4.31 Å². The number of nitrogens with zero attached hydrogens (tertiary/aromatic N) is 4. The van der Waals surface area contributed by atoms with Crippen LogP contribution in [0, 0.1) is 0 Å². The van der Waals surface area contributed by atoms with Crippen LogP contribution in [-0.2, 0) is 23.7 Å². The Morgan fingerprint density at radius 3 is 2.66 bits per heavy atom. The third kappa shape index (κ3) is 4.10. The predicted octanol–water partition coefficient (Wildman–Crippen LogP) is 2.54. The van der Waals surface area contributed by atoms with Gasteiger partial charge in [0.15, 0.2) is 5.03 Å². The SMILES string of the molecule is Cn1cnc(S(=O)(=O)N2CCC[C@@H](c3cccc(-c4ccc(CO)cc4)n3)C2)c1. The zero-order valence-corrected chi connectivity index (χ0v) is 17.1. The second-order valence-electron chi connectivity index (χ2n) is 7.38. The summed E-state index contributed by atoms with van der Waals surface area (Å²) in [6, 6.07) is 13.5. The number of aryl methyl sites for hydroxylation is 1. The fourth-order valence-corrected chi connectivity index (χ4v) is 5.17. The standard InChI is InChI=1S/C21H24N4O3S/c1-24-13-21(22-15-24)29(27,28)25-11-3-4-18(12-25)20-6-2-5-19(23-20)17-9-7-16(14-26)8-10-17/h2,5-10,13,15,18,26H,3-4,11-12,14H2,1H3/t18-/m1/s1. The van der Waals surface area contributed by atoms with Gasteiger partial charge in [0.25, 0.3) is 10.0 Å². The van der Waals surface area contributed by atoms with E-state index in [0.717, 1.165) is 35.4 Å². The minimum atomic E-state index is -3.60. The molecule has 1 aliphatic rings. The van der Waals surface area contributed by atoms with Crippen molar-refractivity contribution < 1.29 is 13.5 Å². The number of hydrogen-bond donors (Lipinski definition) is 1. The van der Waals surface area contributed by atoms with E-state index in [-0.39, 0.29) is 17.6 Å². The first-order chi connectivity index (χ1) is 14.0. The van der Waals surface area contributed by atoms with Crippen LogP contribution in [0.2, 0.25) is 0 Å². The predicted molar refractivity (Wildman–Crippen MR) is 110 cm³/mol. The molecule has 0 amide bonds. The quantitative estimate of drug-likeness (QED) is 0.696. The van der Waals surface area contributed by atoms with E-state index < -0.39 is 10.0 Å². The Kier molecular flexibility index (Phi) is 5.49. The maximum absolute atomic E-state index is 12.9. The second kappa shape index (κ2) is 8.06. The molecule has 3 aromatic rings. The lowest BCUT2D eigenvalue weighted by Crippen LogP contribution is -2.39. The van der Waals surface area contributed by atoms with Crippen molar-refractivity contribution in [2.45, 2.75) is 30.4 Å². The maximum atomic E-state index is 12.9.